The first-order valence-electron chi connectivity index (χ1n) is 8.18. The van der Waals surface area contributed by atoms with Crippen LogP contribution in [-0.4, -0.2) is 12.2 Å². The van der Waals surface area contributed by atoms with Crippen molar-refractivity contribution < 1.29 is 30.1 Å². The number of benzene rings is 2. The van der Waals surface area contributed by atoms with Crippen LogP contribution in [0.1, 0.15) is 39.2 Å². The highest BCUT2D eigenvalue weighted by atomic mass is 19.4. The molecule has 0 heterocycles. The summed E-state index contributed by atoms with van der Waals surface area (Å²) >= 11 is 0. The SMILES string of the molecule is [2H]C([2H])(O)c1cc(C(F)(F)F)ccc1-c1cc(C(C)C)c(F)cc1OC. The van der Waals surface area contributed by atoms with Gasteiger partial charge in [0, 0.05) is 11.6 Å². The topological polar surface area (TPSA) is 29.5 Å². The highest BCUT2D eigenvalue weighted by Crippen LogP contribution is 2.39. The van der Waals surface area contributed by atoms with Gasteiger partial charge in [0.1, 0.15) is 11.6 Å². The minimum Gasteiger partial charge on any atom is -0.496 e. The Morgan fingerprint density at radius 1 is 1.17 bits per heavy atom. The van der Waals surface area contributed by atoms with Gasteiger partial charge in [0.05, 0.1) is 22.0 Å². The summed E-state index contributed by atoms with van der Waals surface area (Å²) in [6.07, 6.45) is -4.70. The van der Waals surface area contributed by atoms with E-state index in [0.717, 1.165) is 18.2 Å². The molecular formula is C18H18F4O2. The lowest BCUT2D eigenvalue weighted by Crippen LogP contribution is -2.06. The van der Waals surface area contributed by atoms with Gasteiger partial charge in [0.2, 0.25) is 0 Å². The van der Waals surface area contributed by atoms with Crippen molar-refractivity contribution in [1.29, 1.82) is 0 Å². The molecule has 2 nitrogen and oxygen atoms in total. The minimum absolute atomic E-state index is 0.00995. The molecule has 0 saturated heterocycles. The molecule has 0 unspecified atom stereocenters. The Hall–Kier alpha value is -2.08. The lowest BCUT2D eigenvalue weighted by Gasteiger charge is -2.17. The quantitative estimate of drug-likeness (QED) is 0.779. The fourth-order valence-electron chi connectivity index (χ4n) is 2.44. The van der Waals surface area contributed by atoms with Gasteiger partial charge >= 0.3 is 6.18 Å². The summed E-state index contributed by atoms with van der Waals surface area (Å²) in [6.45, 7) is 0.454. The van der Waals surface area contributed by atoms with Gasteiger partial charge in [0.15, 0.2) is 0 Å². The monoisotopic (exact) mass is 344 g/mol. The molecule has 24 heavy (non-hydrogen) atoms. The van der Waals surface area contributed by atoms with Gasteiger partial charge in [-0.15, -0.1) is 0 Å². The molecule has 0 fully saturated rings. The van der Waals surface area contributed by atoms with E-state index in [-0.39, 0.29) is 22.8 Å². The van der Waals surface area contributed by atoms with Crippen LogP contribution in [0.3, 0.4) is 0 Å². The molecule has 6 heteroatoms. The normalized spacial score (nSPS) is 13.7. The number of halogens is 4. The molecule has 0 aliphatic carbocycles. The van der Waals surface area contributed by atoms with Gasteiger partial charge in [-0.1, -0.05) is 19.9 Å². The van der Waals surface area contributed by atoms with Crippen LogP contribution in [0.25, 0.3) is 11.1 Å². The van der Waals surface area contributed by atoms with E-state index < -0.39 is 29.7 Å². The van der Waals surface area contributed by atoms with Crippen molar-refractivity contribution in [3.05, 3.63) is 52.8 Å². The van der Waals surface area contributed by atoms with E-state index in [4.69, 9.17) is 7.48 Å². The largest absolute Gasteiger partial charge is 0.496 e. The van der Waals surface area contributed by atoms with Crippen LogP contribution in [0, 0.1) is 5.82 Å². The smallest absolute Gasteiger partial charge is 0.416 e. The van der Waals surface area contributed by atoms with E-state index in [0.29, 0.717) is 11.6 Å². The summed E-state index contributed by atoms with van der Waals surface area (Å²) in [5, 5.41) is 9.77. The zero-order valence-electron chi connectivity index (χ0n) is 15.3. The number of aliphatic hydroxyl groups is 1. The number of ether oxygens (including phenoxy) is 1. The average molecular weight is 344 g/mol. The molecule has 0 aliphatic heterocycles. The van der Waals surface area contributed by atoms with Gasteiger partial charge in [-0.25, -0.2) is 4.39 Å². The highest BCUT2D eigenvalue weighted by Gasteiger charge is 2.31. The maximum Gasteiger partial charge on any atom is 0.416 e. The Morgan fingerprint density at radius 2 is 1.83 bits per heavy atom. The van der Waals surface area contributed by atoms with Crippen molar-refractivity contribution in [3.8, 4) is 16.9 Å². The van der Waals surface area contributed by atoms with E-state index in [1.807, 2.05) is 0 Å². The molecule has 0 radical (unpaired) electrons. The van der Waals surface area contributed by atoms with Crippen LogP contribution < -0.4 is 4.74 Å². The third-order valence-corrected chi connectivity index (χ3v) is 3.70. The van der Waals surface area contributed by atoms with E-state index >= 15 is 0 Å². The first-order chi connectivity index (χ1) is 11.9. The molecule has 0 aromatic heterocycles. The molecule has 2 aromatic carbocycles. The zero-order chi connectivity index (χ0) is 19.9. The molecule has 0 bridgehead atoms. The fraction of sp³-hybridized carbons (Fsp3) is 0.333. The Labute approximate surface area is 140 Å². The van der Waals surface area contributed by atoms with E-state index in [1.54, 1.807) is 13.8 Å². The summed E-state index contributed by atoms with van der Waals surface area (Å²) < 4.78 is 73.3. The van der Waals surface area contributed by atoms with E-state index in [9.17, 15) is 22.7 Å². The zero-order valence-corrected chi connectivity index (χ0v) is 13.3. The van der Waals surface area contributed by atoms with E-state index in [2.05, 4.69) is 0 Å². The molecule has 0 spiro atoms. The van der Waals surface area contributed by atoms with Crippen LogP contribution in [0.2, 0.25) is 0 Å². The Morgan fingerprint density at radius 3 is 2.33 bits per heavy atom. The summed E-state index contributed by atoms with van der Waals surface area (Å²) in [5.74, 6) is -0.735. The molecule has 130 valence electrons. The summed E-state index contributed by atoms with van der Waals surface area (Å²) in [4.78, 5) is 0. The van der Waals surface area contributed by atoms with Gasteiger partial charge < -0.3 is 9.84 Å². The van der Waals surface area contributed by atoms with E-state index in [1.165, 1.54) is 13.2 Å². The number of hydrogen-bond acceptors (Lipinski definition) is 2. The molecular weight excluding hydrogens is 324 g/mol. The van der Waals surface area contributed by atoms with Crippen molar-refractivity contribution >= 4 is 0 Å². The first-order valence-corrected chi connectivity index (χ1v) is 7.18. The lowest BCUT2D eigenvalue weighted by molar-refractivity contribution is -0.137. The maximum atomic E-state index is 14.2. The molecule has 2 rings (SSSR count). The Bertz CT molecular complexity index is 812. The number of alkyl halides is 3. The predicted molar refractivity (Wildman–Crippen MR) is 83.4 cm³/mol. The number of rotatable bonds is 4. The third-order valence-electron chi connectivity index (χ3n) is 3.70. The van der Waals surface area contributed by atoms with Gasteiger partial charge in [-0.05, 0) is 40.8 Å². The third kappa shape index (κ3) is 3.53. The van der Waals surface area contributed by atoms with Crippen molar-refractivity contribution in [2.24, 2.45) is 0 Å². The van der Waals surface area contributed by atoms with Crippen molar-refractivity contribution in [2.75, 3.05) is 7.11 Å². The van der Waals surface area contributed by atoms with Gasteiger partial charge in [-0.3, -0.25) is 0 Å². The molecule has 2 aromatic rings. The summed E-state index contributed by atoms with van der Waals surface area (Å²) in [6, 6.07) is 4.87. The van der Waals surface area contributed by atoms with Gasteiger partial charge in [-0.2, -0.15) is 13.2 Å². The Balaban J connectivity index is 2.81. The van der Waals surface area contributed by atoms with Crippen molar-refractivity contribution in [3.63, 3.8) is 0 Å². The number of hydrogen-bond donors (Lipinski definition) is 1. The minimum atomic E-state index is -4.70. The van der Waals surface area contributed by atoms with Crippen molar-refractivity contribution in [1.82, 2.24) is 0 Å². The van der Waals surface area contributed by atoms with Crippen LogP contribution in [-0.2, 0) is 12.7 Å². The molecule has 0 aliphatic rings. The molecule has 0 saturated carbocycles. The Kier molecular flexibility index (Phi) is 4.38. The highest BCUT2D eigenvalue weighted by molar-refractivity contribution is 5.74. The second kappa shape index (κ2) is 6.81. The molecule has 0 atom stereocenters. The van der Waals surface area contributed by atoms with Crippen LogP contribution in [0.15, 0.2) is 30.3 Å². The number of methoxy groups -OCH3 is 1. The molecule has 0 amide bonds. The average Bonchev–Trinajstić information content (AvgIpc) is 2.52. The molecule has 1 N–H and O–H groups in total. The fourth-order valence-corrected chi connectivity index (χ4v) is 2.44. The second-order valence-electron chi connectivity index (χ2n) is 5.60. The maximum absolute atomic E-state index is 14.2. The van der Waals surface area contributed by atoms with Crippen LogP contribution >= 0.6 is 0 Å². The van der Waals surface area contributed by atoms with Crippen molar-refractivity contribution in [2.45, 2.75) is 32.5 Å². The van der Waals surface area contributed by atoms with Crippen LogP contribution in [0.4, 0.5) is 17.6 Å². The summed E-state index contributed by atoms with van der Waals surface area (Å²) in [7, 11) is 1.27. The predicted octanol–water partition coefficient (Wildman–Crippen LogP) is 5.14. The summed E-state index contributed by atoms with van der Waals surface area (Å²) in [5.41, 5.74) is -1.19. The second-order valence-corrected chi connectivity index (χ2v) is 5.60. The first kappa shape index (κ1) is 15.4. The van der Waals surface area contributed by atoms with Crippen LogP contribution in [0.5, 0.6) is 5.75 Å². The van der Waals surface area contributed by atoms with Gasteiger partial charge in [0.25, 0.3) is 0 Å². The standard InChI is InChI=1S/C18H18F4O2/c1-10(2)14-7-15(17(24-3)8-16(14)19)13-5-4-12(18(20,21)22)6-11(13)9-23/h4-8,10,23H,9H2,1-3H3/i9D2. The lowest BCUT2D eigenvalue weighted by atomic mass is 9.92.